The first-order valence-corrected chi connectivity index (χ1v) is 6.24. The topological polar surface area (TPSA) is 41.1 Å². The van der Waals surface area contributed by atoms with Gasteiger partial charge in [-0.3, -0.25) is 0 Å². The second-order valence-electron chi connectivity index (χ2n) is 4.30. The molecule has 0 bridgehead atoms. The van der Waals surface area contributed by atoms with E-state index < -0.39 is 0 Å². The molecule has 84 valence electrons. The van der Waals surface area contributed by atoms with Crippen LogP contribution in [0.2, 0.25) is 0 Å². The number of nitrogens with one attached hydrogen (secondary N) is 1. The molecule has 1 saturated heterocycles. The Labute approximate surface area is 94.9 Å². The summed E-state index contributed by atoms with van der Waals surface area (Å²) in [6, 6.07) is 0. The third-order valence-electron chi connectivity index (χ3n) is 2.79. The van der Waals surface area contributed by atoms with Crippen molar-refractivity contribution >= 4 is 16.7 Å². The lowest BCUT2D eigenvalue weighted by Gasteiger charge is -2.29. The summed E-state index contributed by atoms with van der Waals surface area (Å²) < 4.78 is 4.15. The van der Waals surface area contributed by atoms with E-state index >= 15 is 0 Å². The van der Waals surface area contributed by atoms with Gasteiger partial charge in [0, 0.05) is 24.6 Å². The molecular weight excluding hydrogens is 208 g/mol. The molecule has 1 N–H and O–H groups in total. The number of aryl methyl sites for hydroxylation is 1. The van der Waals surface area contributed by atoms with Crippen molar-refractivity contribution in [3.05, 3.63) is 5.82 Å². The Kier molecular flexibility index (Phi) is 3.53. The average Bonchev–Trinajstić information content (AvgIpc) is 2.62. The van der Waals surface area contributed by atoms with Crippen LogP contribution in [0.5, 0.6) is 0 Å². The van der Waals surface area contributed by atoms with E-state index in [9.17, 15) is 0 Å². The van der Waals surface area contributed by atoms with Crippen LogP contribution >= 0.6 is 11.5 Å². The van der Waals surface area contributed by atoms with E-state index in [1.165, 1.54) is 37.5 Å². The number of anilines is 1. The molecule has 2 heterocycles. The van der Waals surface area contributed by atoms with E-state index in [2.05, 4.69) is 26.6 Å². The minimum Gasteiger partial charge on any atom is -0.360 e. The molecule has 0 radical (unpaired) electrons. The number of nitrogens with zero attached hydrogens (tertiary/aromatic N) is 3. The van der Waals surface area contributed by atoms with Crippen molar-refractivity contribution in [2.75, 3.05) is 32.0 Å². The Bertz CT molecular complexity index is 312. The summed E-state index contributed by atoms with van der Waals surface area (Å²) in [5, 5.41) is 4.33. The Morgan fingerprint density at radius 3 is 3.13 bits per heavy atom. The summed E-state index contributed by atoms with van der Waals surface area (Å²) >= 11 is 1.45. The van der Waals surface area contributed by atoms with Gasteiger partial charge in [-0.25, -0.2) is 4.98 Å². The summed E-state index contributed by atoms with van der Waals surface area (Å²) in [7, 11) is 2.20. The van der Waals surface area contributed by atoms with Gasteiger partial charge in [0.15, 0.2) is 0 Å². The van der Waals surface area contributed by atoms with Gasteiger partial charge in [0.25, 0.3) is 0 Å². The zero-order valence-corrected chi connectivity index (χ0v) is 10.2. The molecular formula is C10H18N4S. The van der Waals surface area contributed by atoms with Gasteiger partial charge in [0.2, 0.25) is 5.13 Å². The summed E-state index contributed by atoms with van der Waals surface area (Å²) in [6.07, 6.45) is 2.65. The summed E-state index contributed by atoms with van der Waals surface area (Å²) in [4.78, 5) is 6.70. The highest BCUT2D eigenvalue weighted by molar-refractivity contribution is 7.09. The number of hydrogen-bond donors (Lipinski definition) is 1. The minimum absolute atomic E-state index is 0.757. The van der Waals surface area contributed by atoms with Crippen molar-refractivity contribution < 1.29 is 0 Å². The summed E-state index contributed by atoms with van der Waals surface area (Å²) in [5.41, 5.74) is 0. The monoisotopic (exact) mass is 226 g/mol. The first-order chi connectivity index (χ1) is 7.24. The van der Waals surface area contributed by atoms with Crippen molar-refractivity contribution in [3.63, 3.8) is 0 Å². The van der Waals surface area contributed by atoms with Gasteiger partial charge in [-0.05, 0) is 39.3 Å². The smallest absolute Gasteiger partial charge is 0.202 e. The third-order valence-corrected chi connectivity index (χ3v) is 3.56. The first-order valence-electron chi connectivity index (χ1n) is 5.47. The molecule has 0 spiro atoms. The Balaban J connectivity index is 1.77. The molecule has 0 amide bonds. The zero-order chi connectivity index (χ0) is 10.7. The van der Waals surface area contributed by atoms with E-state index in [4.69, 9.17) is 0 Å². The second kappa shape index (κ2) is 4.90. The highest BCUT2D eigenvalue weighted by Crippen LogP contribution is 2.17. The number of rotatable bonds is 3. The lowest BCUT2D eigenvalue weighted by atomic mass is 9.99. The number of aromatic nitrogens is 2. The van der Waals surface area contributed by atoms with Crippen LogP contribution in [0, 0.1) is 12.8 Å². The van der Waals surface area contributed by atoms with Crippen molar-refractivity contribution in [1.29, 1.82) is 0 Å². The van der Waals surface area contributed by atoms with Crippen LogP contribution in [0.15, 0.2) is 0 Å². The maximum Gasteiger partial charge on any atom is 0.202 e. The molecule has 5 heteroatoms. The molecule has 4 nitrogen and oxygen atoms in total. The Morgan fingerprint density at radius 1 is 1.60 bits per heavy atom. The van der Waals surface area contributed by atoms with Gasteiger partial charge >= 0.3 is 0 Å². The molecule has 1 aliphatic heterocycles. The largest absolute Gasteiger partial charge is 0.360 e. The van der Waals surface area contributed by atoms with Crippen molar-refractivity contribution in [2.24, 2.45) is 5.92 Å². The van der Waals surface area contributed by atoms with Crippen LogP contribution in [0.3, 0.4) is 0 Å². The van der Waals surface area contributed by atoms with Gasteiger partial charge in [-0.2, -0.15) is 4.37 Å². The van der Waals surface area contributed by atoms with Gasteiger partial charge in [0.05, 0.1) is 0 Å². The minimum atomic E-state index is 0.757. The second-order valence-corrected chi connectivity index (χ2v) is 5.05. The number of piperidine rings is 1. The van der Waals surface area contributed by atoms with Crippen molar-refractivity contribution in [3.8, 4) is 0 Å². The van der Waals surface area contributed by atoms with E-state index in [0.29, 0.717) is 0 Å². The normalized spacial score (nSPS) is 22.9. The molecule has 1 atom stereocenters. The molecule has 1 fully saturated rings. The summed E-state index contributed by atoms with van der Waals surface area (Å²) in [5.74, 6) is 1.62. The standard InChI is InChI=1S/C10H18N4S/c1-8-12-10(15-13-8)11-6-9-4-3-5-14(2)7-9/h9H,3-7H2,1-2H3,(H,11,12,13). The fourth-order valence-corrected chi connectivity index (χ4v) is 2.62. The molecule has 2 rings (SSSR count). The maximum absolute atomic E-state index is 4.30. The number of likely N-dealkylation sites (tertiary alicyclic amines) is 1. The van der Waals surface area contributed by atoms with E-state index in [0.717, 1.165) is 23.4 Å². The Hall–Kier alpha value is -0.680. The molecule has 15 heavy (non-hydrogen) atoms. The van der Waals surface area contributed by atoms with E-state index in [1.54, 1.807) is 0 Å². The predicted molar refractivity (Wildman–Crippen MR) is 63.4 cm³/mol. The fraction of sp³-hybridized carbons (Fsp3) is 0.800. The first kappa shape index (κ1) is 10.8. The Morgan fingerprint density at radius 2 is 2.47 bits per heavy atom. The number of hydrogen-bond acceptors (Lipinski definition) is 5. The van der Waals surface area contributed by atoms with Crippen LogP contribution in [0.25, 0.3) is 0 Å². The van der Waals surface area contributed by atoms with E-state index in [-0.39, 0.29) is 0 Å². The highest BCUT2D eigenvalue weighted by Gasteiger charge is 2.17. The van der Waals surface area contributed by atoms with Crippen LogP contribution < -0.4 is 5.32 Å². The van der Waals surface area contributed by atoms with E-state index in [1.807, 2.05) is 6.92 Å². The SMILES string of the molecule is Cc1nsc(NCC2CCCN(C)C2)n1. The molecule has 0 aromatic carbocycles. The average molecular weight is 226 g/mol. The van der Waals surface area contributed by atoms with Crippen LogP contribution in [-0.2, 0) is 0 Å². The molecule has 1 aromatic heterocycles. The van der Waals surface area contributed by atoms with Gasteiger partial charge in [-0.15, -0.1) is 0 Å². The van der Waals surface area contributed by atoms with Crippen molar-refractivity contribution in [1.82, 2.24) is 14.3 Å². The quantitative estimate of drug-likeness (QED) is 0.850. The molecule has 0 aliphatic carbocycles. The maximum atomic E-state index is 4.30. The van der Waals surface area contributed by atoms with Crippen molar-refractivity contribution in [2.45, 2.75) is 19.8 Å². The summed E-state index contributed by atoms with van der Waals surface area (Å²) in [6.45, 7) is 5.40. The molecule has 1 aliphatic rings. The highest BCUT2D eigenvalue weighted by atomic mass is 32.1. The lowest BCUT2D eigenvalue weighted by molar-refractivity contribution is 0.217. The van der Waals surface area contributed by atoms with Crippen LogP contribution in [0.1, 0.15) is 18.7 Å². The van der Waals surface area contributed by atoms with Crippen LogP contribution in [-0.4, -0.2) is 40.9 Å². The van der Waals surface area contributed by atoms with Crippen LogP contribution in [0.4, 0.5) is 5.13 Å². The van der Waals surface area contributed by atoms with Gasteiger partial charge in [-0.1, -0.05) is 0 Å². The zero-order valence-electron chi connectivity index (χ0n) is 9.36. The lowest BCUT2D eigenvalue weighted by Crippen LogP contribution is -2.35. The van der Waals surface area contributed by atoms with Gasteiger partial charge in [0.1, 0.15) is 5.82 Å². The fourth-order valence-electron chi connectivity index (χ4n) is 2.04. The molecule has 1 aromatic rings. The van der Waals surface area contributed by atoms with Gasteiger partial charge < -0.3 is 10.2 Å². The third kappa shape index (κ3) is 3.14. The molecule has 1 unspecified atom stereocenters. The molecule has 0 saturated carbocycles. The predicted octanol–water partition coefficient (Wildman–Crippen LogP) is 1.60.